The van der Waals surface area contributed by atoms with Crippen LogP contribution in [0.5, 0.6) is 0 Å². The monoisotopic (exact) mass is 494 g/mol. The van der Waals surface area contributed by atoms with Gasteiger partial charge in [-0.25, -0.2) is 9.67 Å². The number of aliphatic hydroxyl groups excluding tert-OH is 1. The molecule has 0 radical (unpaired) electrons. The van der Waals surface area contributed by atoms with Crippen LogP contribution in [0.25, 0.3) is 16.7 Å². The van der Waals surface area contributed by atoms with Crippen LogP contribution < -0.4 is 5.73 Å². The Kier molecular flexibility index (Phi) is 5.40. The predicted octanol–water partition coefficient (Wildman–Crippen LogP) is 0.818. The van der Waals surface area contributed by atoms with Crippen LogP contribution in [0.1, 0.15) is 34.7 Å². The highest BCUT2D eigenvalue weighted by Crippen LogP contribution is 2.28. The molecule has 4 N–H and O–H groups in total. The van der Waals surface area contributed by atoms with E-state index in [1.807, 2.05) is 0 Å². The first-order chi connectivity index (χ1) is 16.6. The molecule has 13 heteroatoms. The van der Waals surface area contributed by atoms with E-state index in [1.165, 1.54) is 22.7 Å². The number of anilines is 1. The van der Waals surface area contributed by atoms with Gasteiger partial charge in [0.1, 0.15) is 5.02 Å². The lowest BCUT2D eigenvalue weighted by Gasteiger charge is -2.35. The summed E-state index contributed by atoms with van der Waals surface area (Å²) in [6.07, 6.45) is 0.786. The molecular formula is C22H19ClN8O4. The van der Waals surface area contributed by atoms with Gasteiger partial charge in [-0.3, -0.25) is 4.79 Å². The normalized spacial score (nSPS) is 15.4. The van der Waals surface area contributed by atoms with Gasteiger partial charge in [-0.2, -0.15) is 15.1 Å². The number of aliphatic hydroxyl groups is 2. The van der Waals surface area contributed by atoms with Gasteiger partial charge in [-0.15, -0.1) is 0 Å². The highest BCUT2D eigenvalue weighted by molar-refractivity contribution is 6.32. The molecule has 178 valence electrons. The van der Waals surface area contributed by atoms with Crippen molar-refractivity contribution < 1.29 is 19.5 Å². The van der Waals surface area contributed by atoms with Gasteiger partial charge in [0, 0.05) is 31.0 Å². The quantitative estimate of drug-likeness (QED) is 0.346. The van der Waals surface area contributed by atoms with Gasteiger partial charge < -0.3 is 25.4 Å². The maximum absolute atomic E-state index is 13.0. The van der Waals surface area contributed by atoms with Crippen LogP contribution in [0.3, 0.4) is 0 Å². The number of aryl methyl sites for hydroxylation is 1. The molecular weight excluding hydrogens is 476 g/mol. The smallest absolute Gasteiger partial charge is 0.275 e. The van der Waals surface area contributed by atoms with E-state index in [0.717, 1.165) is 0 Å². The fourth-order valence-electron chi connectivity index (χ4n) is 3.55. The number of carbonyl (C=O) groups is 1. The molecule has 1 aromatic carbocycles. The number of carbonyl (C=O) groups excluding carboxylic acids is 1. The van der Waals surface area contributed by atoms with Crippen LogP contribution in [0.15, 0.2) is 28.9 Å². The molecule has 0 aliphatic carbocycles. The van der Waals surface area contributed by atoms with Crippen molar-refractivity contribution in [2.45, 2.75) is 25.6 Å². The van der Waals surface area contributed by atoms with Crippen LogP contribution >= 0.6 is 11.6 Å². The molecule has 3 aromatic heterocycles. The Hall–Kier alpha value is -4.05. The van der Waals surface area contributed by atoms with Gasteiger partial charge in [0.15, 0.2) is 17.1 Å². The molecule has 1 atom stereocenters. The SMILES string of the molecule is Cc1nc([C@](C)(O)C#Cc2ccc3c(C(=O)N4CC(O)C4)nn(-c4nc(N)ncc4Cl)c3c2)no1. The number of nitrogens with zero attached hydrogens (tertiary/aromatic N) is 7. The maximum atomic E-state index is 13.0. The minimum Gasteiger partial charge on any atom is -0.389 e. The Morgan fingerprint density at radius 3 is 2.80 bits per heavy atom. The first-order valence-corrected chi connectivity index (χ1v) is 10.8. The van der Waals surface area contributed by atoms with E-state index in [4.69, 9.17) is 21.9 Å². The topological polar surface area (TPSA) is 169 Å². The van der Waals surface area contributed by atoms with Crippen molar-refractivity contribution in [3.05, 3.63) is 52.4 Å². The van der Waals surface area contributed by atoms with Crippen molar-refractivity contribution in [2.75, 3.05) is 18.8 Å². The summed E-state index contributed by atoms with van der Waals surface area (Å²) in [5.41, 5.74) is 5.26. The van der Waals surface area contributed by atoms with E-state index in [1.54, 1.807) is 25.1 Å². The fraction of sp³-hybridized carbons (Fsp3) is 0.273. The molecule has 4 heterocycles. The second kappa shape index (κ2) is 8.31. The number of fused-ring (bicyclic) bond motifs is 1. The molecule has 0 bridgehead atoms. The van der Waals surface area contributed by atoms with Crippen LogP contribution in [0, 0.1) is 18.8 Å². The molecule has 1 amide bonds. The van der Waals surface area contributed by atoms with Gasteiger partial charge in [0.05, 0.1) is 17.8 Å². The molecule has 1 aliphatic rings. The molecule has 12 nitrogen and oxygen atoms in total. The van der Waals surface area contributed by atoms with E-state index >= 15 is 0 Å². The maximum Gasteiger partial charge on any atom is 0.275 e. The Labute approximate surface area is 203 Å². The van der Waals surface area contributed by atoms with Crippen LogP contribution in [0.4, 0.5) is 5.95 Å². The zero-order chi connectivity index (χ0) is 24.9. The lowest BCUT2D eigenvalue weighted by Crippen LogP contribution is -2.53. The minimum atomic E-state index is -1.66. The number of likely N-dealkylation sites (tertiary alicyclic amines) is 1. The summed E-state index contributed by atoms with van der Waals surface area (Å²) >= 11 is 6.32. The molecule has 1 fully saturated rings. The Morgan fingerprint density at radius 2 is 2.11 bits per heavy atom. The number of β-amino-alcohol motifs (C(OH)–C–C–N with tert-alkyl or cyclic N) is 1. The van der Waals surface area contributed by atoms with Crippen LogP contribution in [-0.2, 0) is 5.60 Å². The van der Waals surface area contributed by atoms with Crippen molar-refractivity contribution in [3.8, 4) is 17.7 Å². The average Bonchev–Trinajstić information content (AvgIpc) is 3.41. The third-order valence-electron chi connectivity index (χ3n) is 5.39. The molecule has 35 heavy (non-hydrogen) atoms. The third kappa shape index (κ3) is 4.17. The summed E-state index contributed by atoms with van der Waals surface area (Å²) in [5, 5.41) is 29.2. The summed E-state index contributed by atoms with van der Waals surface area (Å²) < 4.78 is 6.32. The number of hydrogen-bond acceptors (Lipinski definition) is 10. The fourth-order valence-corrected chi connectivity index (χ4v) is 3.72. The molecule has 1 aliphatic heterocycles. The number of nitrogens with two attached hydrogens (primary N) is 1. The number of hydrogen-bond donors (Lipinski definition) is 3. The van der Waals surface area contributed by atoms with E-state index in [9.17, 15) is 15.0 Å². The van der Waals surface area contributed by atoms with E-state index in [-0.39, 0.29) is 47.3 Å². The molecule has 4 aromatic rings. The second-order valence-corrected chi connectivity index (χ2v) is 8.62. The van der Waals surface area contributed by atoms with Crippen molar-refractivity contribution in [1.29, 1.82) is 0 Å². The van der Waals surface area contributed by atoms with E-state index in [2.05, 4.69) is 37.0 Å². The van der Waals surface area contributed by atoms with Gasteiger partial charge >= 0.3 is 0 Å². The Morgan fingerprint density at radius 1 is 1.34 bits per heavy atom. The lowest BCUT2D eigenvalue weighted by atomic mass is 10.1. The van der Waals surface area contributed by atoms with Crippen LogP contribution in [-0.4, -0.2) is 70.1 Å². The number of rotatable bonds is 3. The molecule has 1 saturated heterocycles. The van der Waals surface area contributed by atoms with Gasteiger partial charge in [0.2, 0.25) is 17.7 Å². The number of benzene rings is 1. The standard InChI is InChI=1S/C22H19ClN8O4/c1-11-26-20(29-35-11)22(2,34)6-5-12-3-4-14-16(7-12)31(18-15(23)8-25-21(24)27-18)28-17(14)19(33)30-9-13(32)10-30/h3-4,7-8,13,32,34H,9-10H2,1-2H3,(H2,24,25,27)/t22-/m1/s1. The minimum absolute atomic E-state index is 0.0193. The first kappa shape index (κ1) is 22.7. The van der Waals surface area contributed by atoms with E-state index in [0.29, 0.717) is 22.4 Å². The molecule has 5 rings (SSSR count). The van der Waals surface area contributed by atoms with Crippen molar-refractivity contribution >= 4 is 34.4 Å². The molecule has 0 spiro atoms. The Bertz CT molecular complexity index is 1530. The summed E-state index contributed by atoms with van der Waals surface area (Å²) in [4.78, 5) is 26.6. The first-order valence-electron chi connectivity index (χ1n) is 10.5. The van der Waals surface area contributed by atoms with E-state index < -0.39 is 11.7 Å². The largest absolute Gasteiger partial charge is 0.389 e. The summed E-state index contributed by atoms with van der Waals surface area (Å²) in [6, 6.07) is 5.07. The van der Waals surface area contributed by atoms with Gasteiger partial charge in [-0.05, 0) is 25.1 Å². The highest BCUT2D eigenvalue weighted by Gasteiger charge is 2.33. The van der Waals surface area contributed by atoms with Crippen molar-refractivity contribution in [3.63, 3.8) is 0 Å². The summed E-state index contributed by atoms with van der Waals surface area (Å²) in [5.74, 6) is 5.81. The van der Waals surface area contributed by atoms with Gasteiger partial charge in [0.25, 0.3) is 5.91 Å². The van der Waals surface area contributed by atoms with Gasteiger partial charge in [-0.1, -0.05) is 28.6 Å². The summed E-state index contributed by atoms with van der Waals surface area (Å²) in [6.45, 7) is 3.51. The number of halogens is 1. The number of amides is 1. The zero-order valence-electron chi connectivity index (χ0n) is 18.6. The lowest BCUT2D eigenvalue weighted by molar-refractivity contribution is 0.00560. The highest BCUT2D eigenvalue weighted by atomic mass is 35.5. The van der Waals surface area contributed by atoms with Crippen LogP contribution in [0.2, 0.25) is 5.02 Å². The Balaban J connectivity index is 1.62. The van der Waals surface area contributed by atoms with Crippen molar-refractivity contribution in [2.24, 2.45) is 0 Å². The second-order valence-electron chi connectivity index (χ2n) is 8.22. The number of aromatic nitrogens is 6. The average molecular weight is 495 g/mol. The zero-order valence-corrected chi connectivity index (χ0v) is 19.4. The number of nitrogen functional groups attached to an aromatic ring is 1. The molecule has 0 saturated carbocycles. The third-order valence-corrected chi connectivity index (χ3v) is 5.66. The molecule has 0 unspecified atom stereocenters. The van der Waals surface area contributed by atoms with Crippen molar-refractivity contribution in [1.82, 2.24) is 34.8 Å². The summed E-state index contributed by atoms with van der Waals surface area (Å²) in [7, 11) is 0. The predicted molar refractivity (Wildman–Crippen MR) is 123 cm³/mol.